The highest BCUT2D eigenvalue weighted by Gasteiger charge is 2.19. The molecule has 0 heterocycles. The molecule has 0 aliphatic carbocycles. The van der Waals surface area contributed by atoms with Crippen LogP contribution >= 0.6 is 15.9 Å². The Bertz CT molecular complexity index is 410. The number of halogens is 1. The molecule has 17 heavy (non-hydrogen) atoms. The Balaban J connectivity index is 2.99. The predicted octanol–water partition coefficient (Wildman–Crippen LogP) is 0.890. The number of carboxylic acid groups (broad SMARTS) is 1. The van der Waals surface area contributed by atoms with Crippen LogP contribution in [0.25, 0.3) is 0 Å². The molecule has 0 spiro atoms. The zero-order valence-corrected chi connectivity index (χ0v) is 10.6. The van der Waals surface area contributed by atoms with Crippen molar-refractivity contribution in [3.05, 3.63) is 33.8 Å². The topological polar surface area (TPSA) is 104 Å². The van der Waals surface area contributed by atoms with Crippen molar-refractivity contribution < 1.29 is 20.1 Å². The van der Waals surface area contributed by atoms with Crippen LogP contribution in [0.3, 0.4) is 0 Å². The van der Waals surface area contributed by atoms with E-state index in [-0.39, 0.29) is 18.5 Å². The number of hydrogen-bond acceptors (Lipinski definition) is 4. The van der Waals surface area contributed by atoms with E-state index in [1.807, 2.05) is 0 Å². The van der Waals surface area contributed by atoms with Crippen molar-refractivity contribution in [2.24, 2.45) is 5.73 Å². The monoisotopic (exact) mass is 303 g/mol. The summed E-state index contributed by atoms with van der Waals surface area (Å²) in [6.45, 7) is 0.251. The van der Waals surface area contributed by atoms with Crippen LogP contribution < -0.4 is 5.73 Å². The van der Waals surface area contributed by atoms with Crippen LogP contribution in [0.2, 0.25) is 0 Å². The quantitative estimate of drug-likeness (QED) is 0.647. The van der Waals surface area contributed by atoms with Gasteiger partial charge in [0.25, 0.3) is 0 Å². The van der Waals surface area contributed by atoms with Gasteiger partial charge in [-0.2, -0.15) is 0 Å². The third-order valence-corrected chi connectivity index (χ3v) is 3.08. The average Bonchev–Trinajstić information content (AvgIpc) is 2.28. The molecule has 1 aromatic carbocycles. The van der Waals surface area contributed by atoms with Gasteiger partial charge in [-0.15, -0.1) is 0 Å². The summed E-state index contributed by atoms with van der Waals surface area (Å²) in [4.78, 5) is 10.9. The molecule has 2 unspecified atom stereocenters. The van der Waals surface area contributed by atoms with Crippen LogP contribution in [0.15, 0.2) is 22.7 Å². The van der Waals surface area contributed by atoms with Gasteiger partial charge in [0.15, 0.2) is 0 Å². The third kappa shape index (κ3) is 3.50. The minimum Gasteiger partial charge on any atom is -0.478 e. The van der Waals surface area contributed by atoms with Gasteiger partial charge in [0.2, 0.25) is 0 Å². The summed E-state index contributed by atoms with van der Waals surface area (Å²) < 4.78 is 0.425. The van der Waals surface area contributed by atoms with Crippen molar-refractivity contribution in [3.8, 4) is 0 Å². The first-order valence-corrected chi connectivity index (χ1v) is 5.85. The summed E-state index contributed by atoms with van der Waals surface area (Å²) in [5.74, 6) is -1.10. The predicted molar refractivity (Wildman–Crippen MR) is 65.7 cm³/mol. The van der Waals surface area contributed by atoms with Gasteiger partial charge >= 0.3 is 5.97 Å². The van der Waals surface area contributed by atoms with Gasteiger partial charge in [0.1, 0.15) is 6.10 Å². The van der Waals surface area contributed by atoms with E-state index in [9.17, 15) is 15.0 Å². The summed E-state index contributed by atoms with van der Waals surface area (Å²) in [7, 11) is 0. The van der Waals surface area contributed by atoms with Gasteiger partial charge in [0.05, 0.1) is 11.7 Å². The summed E-state index contributed by atoms with van der Waals surface area (Å²) >= 11 is 3.10. The molecule has 1 aromatic rings. The molecule has 0 bridgehead atoms. The molecule has 5 N–H and O–H groups in total. The van der Waals surface area contributed by atoms with Crippen molar-refractivity contribution in [1.29, 1.82) is 0 Å². The van der Waals surface area contributed by atoms with Crippen molar-refractivity contribution in [1.82, 2.24) is 0 Å². The number of carboxylic acids is 1. The van der Waals surface area contributed by atoms with Crippen LogP contribution in [0.5, 0.6) is 0 Å². The first-order chi connectivity index (χ1) is 7.97. The molecular weight excluding hydrogens is 290 g/mol. The summed E-state index contributed by atoms with van der Waals surface area (Å²) in [5, 5.41) is 28.3. The number of hydrogen-bond donors (Lipinski definition) is 4. The molecule has 0 saturated carbocycles. The Labute approximate surface area is 107 Å². The Kier molecular flexibility index (Phi) is 5.07. The SMILES string of the molecule is NCCC(O)C(O)c1ccc(Br)c(C(=O)O)c1. The van der Waals surface area contributed by atoms with Crippen LogP contribution in [0, 0.1) is 0 Å². The number of nitrogens with two attached hydrogens (primary N) is 1. The minimum absolute atomic E-state index is 0.0431. The number of aliphatic hydroxyl groups excluding tert-OH is 2. The lowest BCUT2D eigenvalue weighted by Crippen LogP contribution is -2.22. The minimum atomic E-state index is -1.13. The molecule has 2 atom stereocenters. The highest BCUT2D eigenvalue weighted by atomic mass is 79.9. The highest BCUT2D eigenvalue weighted by Crippen LogP contribution is 2.24. The van der Waals surface area contributed by atoms with Crippen LogP contribution in [0.4, 0.5) is 0 Å². The number of aliphatic hydroxyl groups is 2. The zero-order valence-electron chi connectivity index (χ0n) is 9.01. The Hall–Kier alpha value is -0.950. The fourth-order valence-electron chi connectivity index (χ4n) is 1.44. The summed E-state index contributed by atoms with van der Waals surface area (Å²) in [6, 6.07) is 4.41. The summed E-state index contributed by atoms with van der Waals surface area (Å²) in [6.07, 6.45) is -1.88. The molecule has 5 nitrogen and oxygen atoms in total. The van der Waals surface area contributed by atoms with E-state index in [0.717, 1.165) is 0 Å². The molecule has 0 amide bonds. The zero-order chi connectivity index (χ0) is 13.0. The molecule has 0 aromatic heterocycles. The molecule has 1 rings (SSSR count). The fourth-order valence-corrected chi connectivity index (χ4v) is 1.86. The largest absolute Gasteiger partial charge is 0.478 e. The lowest BCUT2D eigenvalue weighted by molar-refractivity contribution is 0.0149. The van der Waals surface area contributed by atoms with Gasteiger partial charge in [0, 0.05) is 4.47 Å². The van der Waals surface area contributed by atoms with E-state index in [1.54, 1.807) is 6.07 Å². The standard InChI is InChI=1S/C11H14BrNO4/c12-8-2-1-6(5-7(8)11(16)17)10(15)9(14)3-4-13/h1-2,5,9-10,14-15H,3-4,13H2,(H,16,17). The number of benzene rings is 1. The molecule has 0 radical (unpaired) electrons. The van der Waals surface area contributed by atoms with Crippen molar-refractivity contribution >= 4 is 21.9 Å². The van der Waals surface area contributed by atoms with Gasteiger partial charge in [-0.3, -0.25) is 0 Å². The van der Waals surface area contributed by atoms with Crippen LogP contribution in [-0.2, 0) is 0 Å². The molecule has 0 fully saturated rings. The third-order valence-electron chi connectivity index (χ3n) is 2.39. The van der Waals surface area contributed by atoms with Crippen molar-refractivity contribution in [2.45, 2.75) is 18.6 Å². The van der Waals surface area contributed by atoms with Gasteiger partial charge in [-0.05, 0) is 46.6 Å². The molecule has 6 heteroatoms. The van der Waals surface area contributed by atoms with E-state index in [2.05, 4.69) is 15.9 Å². The molecule has 94 valence electrons. The second kappa shape index (κ2) is 6.11. The van der Waals surface area contributed by atoms with E-state index in [0.29, 0.717) is 10.0 Å². The van der Waals surface area contributed by atoms with E-state index >= 15 is 0 Å². The van der Waals surface area contributed by atoms with Gasteiger partial charge < -0.3 is 21.1 Å². The smallest absolute Gasteiger partial charge is 0.336 e. The maximum absolute atomic E-state index is 10.9. The molecule has 0 saturated heterocycles. The number of carbonyl (C=O) groups is 1. The molecule has 0 aliphatic heterocycles. The summed E-state index contributed by atoms with van der Waals surface area (Å²) in [5.41, 5.74) is 5.67. The normalized spacial score (nSPS) is 14.4. The fraction of sp³-hybridized carbons (Fsp3) is 0.364. The lowest BCUT2D eigenvalue weighted by atomic mass is 10.0. The molecular formula is C11H14BrNO4. The van der Waals surface area contributed by atoms with Crippen molar-refractivity contribution in [3.63, 3.8) is 0 Å². The average molecular weight is 304 g/mol. The second-order valence-electron chi connectivity index (χ2n) is 3.63. The highest BCUT2D eigenvalue weighted by molar-refractivity contribution is 9.10. The Morgan fingerprint density at radius 3 is 2.59 bits per heavy atom. The Morgan fingerprint density at radius 1 is 1.41 bits per heavy atom. The number of rotatable bonds is 5. The maximum atomic E-state index is 10.9. The first-order valence-electron chi connectivity index (χ1n) is 5.06. The number of aromatic carboxylic acids is 1. The van der Waals surface area contributed by atoms with Crippen LogP contribution in [-0.4, -0.2) is 33.9 Å². The maximum Gasteiger partial charge on any atom is 0.336 e. The van der Waals surface area contributed by atoms with E-state index < -0.39 is 18.2 Å². The lowest BCUT2D eigenvalue weighted by Gasteiger charge is -2.18. The van der Waals surface area contributed by atoms with E-state index in [4.69, 9.17) is 10.8 Å². The van der Waals surface area contributed by atoms with Gasteiger partial charge in [-0.1, -0.05) is 6.07 Å². The molecule has 0 aliphatic rings. The first kappa shape index (κ1) is 14.1. The second-order valence-corrected chi connectivity index (χ2v) is 4.49. The Morgan fingerprint density at radius 2 is 2.06 bits per heavy atom. The van der Waals surface area contributed by atoms with Crippen molar-refractivity contribution in [2.75, 3.05) is 6.54 Å². The van der Waals surface area contributed by atoms with Gasteiger partial charge in [-0.25, -0.2) is 4.79 Å². The van der Waals surface area contributed by atoms with E-state index in [1.165, 1.54) is 12.1 Å². The van der Waals surface area contributed by atoms with Crippen LogP contribution in [0.1, 0.15) is 28.4 Å².